The van der Waals surface area contributed by atoms with Gasteiger partial charge in [-0.2, -0.15) is 15.6 Å². The number of nitriles is 2. The van der Waals surface area contributed by atoms with Crippen LogP contribution in [0.1, 0.15) is 29.4 Å². The monoisotopic (exact) mass is 358 g/mol. The highest BCUT2D eigenvalue weighted by Gasteiger charge is 2.18. The van der Waals surface area contributed by atoms with Gasteiger partial charge in [0.1, 0.15) is 18.2 Å². The largest absolute Gasteiger partial charge is 0.490 e. The minimum absolute atomic E-state index is 0.143. The first-order valence-corrected chi connectivity index (χ1v) is 8.51. The fourth-order valence-corrected chi connectivity index (χ4v) is 2.75. The first-order chi connectivity index (χ1) is 13.2. The number of nitrogens with zero attached hydrogens (tertiary/aromatic N) is 4. The maximum absolute atomic E-state index is 9.54. The van der Waals surface area contributed by atoms with Crippen molar-refractivity contribution in [1.82, 2.24) is 9.78 Å². The first-order valence-electron chi connectivity index (χ1n) is 8.51. The van der Waals surface area contributed by atoms with Gasteiger partial charge in [-0.3, -0.25) is 0 Å². The molecule has 27 heavy (non-hydrogen) atoms. The van der Waals surface area contributed by atoms with Gasteiger partial charge in [-0.05, 0) is 38.1 Å². The summed E-state index contributed by atoms with van der Waals surface area (Å²) in [5.41, 5.74) is 3.14. The number of rotatable bonds is 6. The fourth-order valence-electron chi connectivity index (χ4n) is 2.75. The Hall–Kier alpha value is -3.77. The van der Waals surface area contributed by atoms with Gasteiger partial charge in [0.15, 0.2) is 11.5 Å². The van der Waals surface area contributed by atoms with Gasteiger partial charge in [-0.15, -0.1) is 0 Å². The second kappa shape index (κ2) is 8.07. The Bertz CT molecular complexity index is 1030. The molecule has 6 heteroatoms. The molecule has 0 unspecified atom stereocenters. The summed E-state index contributed by atoms with van der Waals surface area (Å²) in [6.07, 6.45) is 0. The molecular weight excluding hydrogens is 340 g/mol. The molecule has 0 aliphatic rings. The predicted molar refractivity (Wildman–Crippen MR) is 99.7 cm³/mol. The molecule has 0 fully saturated rings. The summed E-state index contributed by atoms with van der Waals surface area (Å²) in [5.74, 6) is 1.01. The number of ether oxygens (including phenoxy) is 2. The van der Waals surface area contributed by atoms with Crippen LogP contribution in [0.25, 0.3) is 5.69 Å². The van der Waals surface area contributed by atoms with E-state index in [0.717, 1.165) is 5.69 Å². The van der Waals surface area contributed by atoms with Gasteiger partial charge in [0.2, 0.25) is 0 Å². The van der Waals surface area contributed by atoms with Crippen molar-refractivity contribution >= 4 is 0 Å². The van der Waals surface area contributed by atoms with Gasteiger partial charge in [0.05, 0.1) is 35.3 Å². The molecule has 0 aliphatic carbocycles. The van der Waals surface area contributed by atoms with E-state index in [-0.39, 0.29) is 6.61 Å². The quantitative estimate of drug-likeness (QED) is 0.667. The molecule has 6 nitrogen and oxygen atoms in total. The van der Waals surface area contributed by atoms with Gasteiger partial charge in [0, 0.05) is 6.07 Å². The third kappa shape index (κ3) is 3.75. The van der Waals surface area contributed by atoms with Crippen molar-refractivity contribution < 1.29 is 9.47 Å². The molecule has 0 saturated carbocycles. The van der Waals surface area contributed by atoms with E-state index in [4.69, 9.17) is 14.7 Å². The van der Waals surface area contributed by atoms with Gasteiger partial charge in [-0.25, -0.2) is 4.68 Å². The Kier molecular flexibility index (Phi) is 5.39. The molecule has 2 aromatic carbocycles. The molecule has 1 heterocycles. The molecule has 3 aromatic rings. The molecular formula is C21H18N4O2. The Morgan fingerprint density at radius 1 is 1.00 bits per heavy atom. The Morgan fingerprint density at radius 3 is 2.44 bits per heavy atom. The number of aryl methyl sites for hydroxylation is 1. The molecule has 1 aromatic heterocycles. The zero-order chi connectivity index (χ0) is 19.2. The highest BCUT2D eigenvalue weighted by Crippen LogP contribution is 2.30. The van der Waals surface area contributed by atoms with Crippen molar-refractivity contribution in [1.29, 1.82) is 10.5 Å². The predicted octanol–water partition coefficient (Wildman–Crippen LogP) is 3.90. The molecule has 0 aliphatic heterocycles. The zero-order valence-electron chi connectivity index (χ0n) is 15.1. The second-order valence-corrected chi connectivity index (χ2v) is 5.76. The third-order valence-electron chi connectivity index (χ3n) is 4.01. The molecule has 0 N–H and O–H groups in total. The first kappa shape index (κ1) is 18.0. The highest BCUT2D eigenvalue weighted by atomic mass is 16.5. The Balaban J connectivity index is 1.95. The average Bonchev–Trinajstić information content (AvgIpc) is 3.03. The molecule has 0 bridgehead atoms. The second-order valence-electron chi connectivity index (χ2n) is 5.76. The van der Waals surface area contributed by atoms with Gasteiger partial charge >= 0.3 is 0 Å². The average molecular weight is 358 g/mol. The lowest BCUT2D eigenvalue weighted by molar-refractivity contribution is 0.264. The molecule has 0 amide bonds. The summed E-state index contributed by atoms with van der Waals surface area (Å²) in [6, 6.07) is 18.9. The zero-order valence-corrected chi connectivity index (χ0v) is 15.1. The van der Waals surface area contributed by atoms with Crippen molar-refractivity contribution in [3.05, 3.63) is 71.0 Å². The lowest BCUT2D eigenvalue weighted by atomic mass is 10.2. The molecule has 0 atom stereocenters. The van der Waals surface area contributed by atoms with Crippen molar-refractivity contribution in [2.75, 3.05) is 6.61 Å². The van der Waals surface area contributed by atoms with Crippen LogP contribution in [0.2, 0.25) is 0 Å². The van der Waals surface area contributed by atoms with Gasteiger partial charge < -0.3 is 9.47 Å². The van der Waals surface area contributed by atoms with E-state index in [1.165, 1.54) is 0 Å². The standard InChI is InChI=1S/C21H18N4O2/c1-3-26-21-11-16(12-22)9-10-20(21)27-14-19-18(13-23)15(2)24-25(19)17-7-5-4-6-8-17/h4-11H,3,14H2,1-2H3. The van der Waals surface area contributed by atoms with Crippen LogP contribution in [0.15, 0.2) is 48.5 Å². The lowest BCUT2D eigenvalue weighted by Gasteiger charge is -2.13. The Morgan fingerprint density at radius 2 is 1.78 bits per heavy atom. The Labute approximate surface area is 157 Å². The van der Waals surface area contributed by atoms with Crippen LogP contribution in [0, 0.1) is 29.6 Å². The van der Waals surface area contributed by atoms with Crippen LogP contribution >= 0.6 is 0 Å². The van der Waals surface area contributed by atoms with Crippen molar-refractivity contribution in [2.24, 2.45) is 0 Å². The molecule has 134 valence electrons. The molecule has 0 spiro atoms. The lowest BCUT2D eigenvalue weighted by Crippen LogP contribution is -2.07. The van der Waals surface area contributed by atoms with Crippen LogP contribution in [0.4, 0.5) is 0 Å². The fraction of sp³-hybridized carbons (Fsp3) is 0.190. The molecule has 0 radical (unpaired) electrons. The molecule has 0 saturated heterocycles. The maximum Gasteiger partial charge on any atom is 0.162 e. The van der Waals surface area contributed by atoms with Crippen molar-refractivity contribution in [3.63, 3.8) is 0 Å². The van der Waals surface area contributed by atoms with Crippen molar-refractivity contribution in [2.45, 2.75) is 20.5 Å². The number of benzene rings is 2. The number of aromatic nitrogens is 2. The normalized spacial score (nSPS) is 10.1. The van der Waals surface area contributed by atoms with E-state index in [2.05, 4.69) is 17.2 Å². The summed E-state index contributed by atoms with van der Waals surface area (Å²) in [4.78, 5) is 0. The maximum atomic E-state index is 9.54. The third-order valence-corrected chi connectivity index (χ3v) is 4.01. The van der Waals surface area contributed by atoms with Crippen LogP contribution in [0.5, 0.6) is 11.5 Å². The smallest absolute Gasteiger partial charge is 0.162 e. The van der Waals surface area contributed by atoms with E-state index in [9.17, 15) is 5.26 Å². The molecule has 3 rings (SSSR count). The topological polar surface area (TPSA) is 83.9 Å². The summed E-state index contributed by atoms with van der Waals surface area (Å²) >= 11 is 0. The highest BCUT2D eigenvalue weighted by molar-refractivity contribution is 5.48. The van der Waals surface area contributed by atoms with Crippen LogP contribution in [0.3, 0.4) is 0 Å². The van der Waals surface area contributed by atoms with Crippen LogP contribution < -0.4 is 9.47 Å². The SMILES string of the molecule is CCOc1cc(C#N)ccc1OCc1c(C#N)c(C)nn1-c1ccccc1. The van der Waals surface area contributed by atoms with Crippen molar-refractivity contribution in [3.8, 4) is 29.3 Å². The minimum atomic E-state index is 0.143. The van der Waals surface area contributed by atoms with E-state index >= 15 is 0 Å². The van der Waals surface area contributed by atoms with E-state index in [0.29, 0.717) is 40.6 Å². The summed E-state index contributed by atoms with van der Waals surface area (Å²) in [5, 5.41) is 23.1. The van der Waals surface area contributed by atoms with E-state index in [1.54, 1.807) is 29.8 Å². The van der Waals surface area contributed by atoms with E-state index in [1.807, 2.05) is 37.3 Å². The van der Waals surface area contributed by atoms with Crippen LogP contribution in [-0.4, -0.2) is 16.4 Å². The minimum Gasteiger partial charge on any atom is -0.490 e. The number of hydrogen-bond acceptors (Lipinski definition) is 5. The summed E-state index contributed by atoms with van der Waals surface area (Å²) in [6.45, 7) is 4.26. The van der Waals surface area contributed by atoms with E-state index < -0.39 is 0 Å². The van der Waals surface area contributed by atoms with Gasteiger partial charge in [0.25, 0.3) is 0 Å². The van der Waals surface area contributed by atoms with Crippen LogP contribution in [-0.2, 0) is 6.61 Å². The summed E-state index contributed by atoms with van der Waals surface area (Å²) < 4.78 is 13.2. The number of para-hydroxylation sites is 1. The summed E-state index contributed by atoms with van der Waals surface area (Å²) in [7, 11) is 0. The number of hydrogen-bond donors (Lipinski definition) is 0. The van der Waals surface area contributed by atoms with Gasteiger partial charge in [-0.1, -0.05) is 18.2 Å².